The first-order valence-corrected chi connectivity index (χ1v) is 9.77. The van der Waals surface area contributed by atoms with Crippen molar-refractivity contribution < 1.29 is 4.79 Å². The first kappa shape index (κ1) is 18.4. The molecule has 1 N–H and O–H groups in total. The third kappa shape index (κ3) is 3.44. The summed E-state index contributed by atoms with van der Waals surface area (Å²) in [4.78, 5) is 24.2. The second-order valence-electron chi connectivity index (χ2n) is 7.64. The van der Waals surface area contributed by atoms with Crippen LogP contribution < -0.4 is 5.32 Å². The summed E-state index contributed by atoms with van der Waals surface area (Å²) in [5.74, 6) is 1.87. The van der Waals surface area contributed by atoms with Gasteiger partial charge in [-0.15, -0.1) is 0 Å². The molecule has 0 aliphatic heterocycles. The summed E-state index contributed by atoms with van der Waals surface area (Å²) in [6, 6.07) is 9.22. The molecule has 4 rings (SSSR count). The maximum atomic E-state index is 12.9. The van der Waals surface area contributed by atoms with Crippen molar-refractivity contribution in [2.24, 2.45) is 7.05 Å². The zero-order valence-corrected chi connectivity index (χ0v) is 16.6. The molecule has 1 fully saturated rings. The maximum absolute atomic E-state index is 12.9. The number of aryl methyl sites for hydroxylation is 1. The molecule has 0 spiro atoms. The number of amides is 1. The molecule has 1 aliphatic carbocycles. The van der Waals surface area contributed by atoms with E-state index in [1.165, 1.54) is 12.8 Å². The number of likely N-dealkylation sites (N-methyl/N-ethyl adjacent to an activating group) is 1. The van der Waals surface area contributed by atoms with Gasteiger partial charge in [0.2, 0.25) is 5.91 Å². The first-order chi connectivity index (χ1) is 13.5. The molecule has 146 valence electrons. The molecule has 1 unspecified atom stereocenters. The van der Waals surface area contributed by atoms with Crippen LogP contribution in [0.5, 0.6) is 0 Å². The Morgan fingerprint density at radius 3 is 2.57 bits per heavy atom. The summed E-state index contributed by atoms with van der Waals surface area (Å²) in [5.41, 5.74) is 1.70. The van der Waals surface area contributed by atoms with Crippen molar-refractivity contribution in [1.82, 2.24) is 24.6 Å². The molecule has 1 amide bonds. The standard InChI is InChI=1S/C21H26N6O/c1-26(2)21(28)17(14-9-5-4-6-10-14)23-19-16-13-22-27(3)20(16)25-18(24-19)15-11-7-8-12-15/h4-6,9-10,13,15,17H,7-8,11-12H2,1-3H3,(H,23,24,25). The highest BCUT2D eigenvalue weighted by molar-refractivity contribution is 5.91. The third-order valence-electron chi connectivity index (χ3n) is 5.43. The molecule has 0 bridgehead atoms. The van der Waals surface area contributed by atoms with Crippen molar-refractivity contribution in [3.05, 3.63) is 47.9 Å². The summed E-state index contributed by atoms with van der Waals surface area (Å²) in [6.45, 7) is 0. The molecule has 1 aromatic carbocycles. The molecule has 0 radical (unpaired) electrons. The van der Waals surface area contributed by atoms with Crippen LogP contribution in [0.2, 0.25) is 0 Å². The minimum absolute atomic E-state index is 0.0238. The van der Waals surface area contributed by atoms with E-state index < -0.39 is 6.04 Å². The Hall–Kier alpha value is -2.96. The van der Waals surface area contributed by atoms with Gasteiger partial charge in [0.15, 0.2) is 5.65 Å². The summed E-state index contributed by atoms with van der Waals surface area (Å²) >= 11 is 0. The van der Waals surface area contributed by atoms with Gasteiger partial charge >= 0.3 is 0 Å². The molecular formula is C21H26N6O. The Morgan fingerprint density at radius 2 is 1.89 bits per heavy atom. The Labute approximate surface area is 164 Å². The van der Waals surface area contributed by atoms with Crippen molar-refractivity contribution in [3.8, 4) is 0 Å². The minimum Gasteiger partial charge on any atom is -0.354 e. The lowest BCUT2D eigenvalue weighted by Gasteiger charge is -2.23. The van der Waals surface area contributed by atoms with E-state index in [0.717, 1.165) is 35.3 Å². The van der Waals surface area contributed by atoms with Crippen LogP contribution in [0.3, 0.4) is 0 Å². The van der Waals surface area contributed by atoms with Gasteiger partial charge in [-0.1, -0.05) is 43.2 Å². The molecule has 1 aliphatic rings. The number of anilines is 1. The Kier molecular flexibility index (Phi) is 4.98. The van der Waals surface area contributed by atoms with Crippen LogP contribution >= 0.6 is 0 Å². The van der Waals surface area contributed by atoms with Crippen molar-refractivity contribution in [2.45, 2.75) is 37.6 Å². The van der Waals surface area contributed by atoms with Gasteiger partial charge < -0.3 is 10.2 Å². The number of hydrogen-bond acceptors (Lipinski definition) is 5. The highest BCUT2D eigenvalue weighted by Gasteiger charge is 2.26. The predicted octanol–water partition coefficient (Wildman–Crippen LogP) is 3.26. The molecule has 28 heavy (non-hydrogen) atoms. The molecule has 2 heterocycles. The number of fused-ring (bicyclic) bond motifs is 1. The fourth-order valence-corrected chi connectivity index (χ4v) is 3.84. The van der Waals surface area contributed by atoms with Crippen LogP contribution in [0, 0.1) is 0 Å². The van der Waals surface area contributed by atoms with Gasteiger partial charge in [-0.2, -0.15) is 5.10 Å². The quantitative estimate of drug-likeness (QED) is 0.737. The lowest BCUT2D eigenvalue weighted by molar-refractivity contribution is -0.129. The van der Waals surface area contributed by atoms with E-state index in [0.29, 0.717) is 11.7 Å². The largest absolute Gasteiger partial charge is 0.354 e. The van der Waals surface area contributed by atoms with Crippen LogP contribution in [-0.4, -0.2) is 44.7 Å². The predicted molar refractivity (Wildman–Crippen MR) is 109 cm³/mol. The van der Waals surface area contributed by atoms with Gasteiger partial charge in [0.25, 0.3) is 0 Å². The molecule has 7 nitrogen and oxygen atoms in total. The van der Waals surface area contributed by atoms with E-state index in [-0.39, 0.29) is 5.91 Å². The van der Waals surface area contributed by atoms with E-state index in [1.54, 1.807) is 29.9 Å². The van der Waals surface area contributed by atoms with Crippen molar-refractivity contribution >= 4 is 22.8 Å². The number of nitrogens with one attached hydrogen (secondary N) is 1. The second-order valence-corrected chi connectivity index (χ2v) is 7.64. The van der Waals surface area contributed by atoms with Crippen molar-refractivity contribution in [2.75, 3.05) is 19.4 Å². The lowest BCUT2D eigenvalue weighted by Crippen LogP contribution is -2.33. The molecule has 7 heteroatoms. The van der Waals surface area contributed by atoms with E-state index in [9.17, 15) is 4.79 Å². The third-order valence-corrected chi connectivity index (χ3v) is 5.43. The van der Waals surface area contributed by atoms with Gasteiger partial charge in [0.1, 0.15) is 17.7 Å². The zero-order valence-electron chi connectivity index (χ0n) is 16.6. The van der Waals surface area contributed by atoms with Gasteiger partial charge in [-0.3, -0.25) is 9.48 Å². The fourth-order valence-electron chi connectivity index (χ4n) is 3.84. The Balaban J connectivity index is 1.78. The first-order valence-electron chi connectivity index (χ1n) is 9.77. The Morgan fingerprint density at radius 1 is 1.18 bits per heavy atom. The molecular weight excluding hydrogens is 352 g/mol. The van der Waals surface area contributed by atoms with E-state index in [1.807, 2.05) is 37.4 Å². The number of aromatic nitrogens is 4. The minimum atomic E-state index is -0.522. The summed E-state index contributed by atoms with van der Waals surface area (Å²) in [7, 11) is 5.42. The molecule has 0 saturated heterocycles. The average Bonchev–Trinajstić information content (AvgIpc) is 3.36. The van der Waals surface area contributed by atoms with Gasteiger partial charge in [0.05, 0.1) is 11.6 Å². The molecule has 2 aromatic heterocycles. The molecule has 1 atom stereocenters. The van der Waals surface area contributed by atoms with Gasteiger partial charge in [-0.05, 0) is 18.4 Å². The number of rotatable bonds is 5. The normalized spacial score (nSPS) is 15.7. The summed E-state index contributed by atoms with van der Waals surface area (Å²) < 4.78 is 1.77. The summed E-state index contributed by atoms with van der Waals surface area (Å²) in [6.07, 6.45) is 6.42. The van der Waals surface area contributed by atoms with Crippen LogP contribution in [0.15, 0.2) is 36.5 Å². The van der Waals surface area contributed by atoms with E-state index in [4.69, 9.17) is 9.97 Å². The van der Waals surface area contributed by atoms with Crippen LogP contribution in [0.4, 0.5) is 5.82 Å². The van der Waals surface area contributed by atoms with Crippen molar-refractivity contribution in [3.63, 3.8) is 0 Å². The fraction of sp³-hybridized carbons (Fsp3) is 0.429. The van der Waals surface area contributed by atoms with Crippen molar-refractivity contribution in [1.29, 1.82) is 0 Å². The monoisotopic (exact) mass is 378 g/mol. The number of nitrogens with zero attached hydrogens (tertiary/aromatic N) is 5. The van der Waals surface area contributed by atoms with Gasteiger partial charge in [-0.25, -0.2) is 9.97 Å². The second kappa shape index (κ2) is 7.58. The number of hydrogen-bond donors (Lipinski definition) is 1. The van der Waals surface area contributed by atoms with E-state index >= 15 is 0 Å². The SMILES string of the molecule is CN(C)C(=O)C(Nc1nc(C2CCCC2)nc2c1cnn2C)c1ccccc1. The highest BCUT2D eigenvalue weighted by atomic mass is 16.2. The highest BCUT2D eigenvalue weighted by Crippen LogP contribution is 2.34. The average molecular weight is 378 g/mol. The van der Waals surface area contributed by atoms with Crippen LogP contribution in [0.25, 0.3) is 11.0 Å². The van der Waals surface area contributed by atoms with E-state index in [2.05, 4.69) is 10.4 Å². The molecule has 3 aromatic rings. The molecule has 1 saturated carbocycles. The van der Waals surface area contributed by atoms with Crippen LogP contribution in [-0.2, 0) is 11.8 Å². The van der Waals surface area contributed by atoms with Gasteiger partial charge in [0, 0.05) is 27.1 Å². The Bertz CT molecular complexity index is 975. The number of carbonyl (C=O) groups excluding carboxylic acids is 1. The maximum Gasteiger partial charge on any atom is 0.249 e. The van der Waals surface area contributed by atoms with Crippen LogP contribution in [0.1, 0.15) is 49.0 Å². The number of benzene rings is 1. The topological polar surface area (TPSA) is 75.9 Å². The number of carbonyl (C=O) groups is 1. The smallest absolute Gasteiger partial charge is 0.249 e. The lowest BCUT2D eigenvalue weighted by atomic mass is 10.1. The summed E-state index contributed by atoms with van der Waals surface area (Å²) in [5, 5.41) is 8.59. The zero-order chi connectivity index (χ0) is 19.7.